The van der Waals surface area contributed by atoms with E-state index in [9.17, 15) is 4.79 Å². The van der Waals surface area contributed by atoms with Gasteiger partial charge in [-0.2, -0.15) is 5.10 Å². The van der Waals surface area contributed by atoms with Crippen molar-refractivity contribution in [2.75, 3.05) is 0 Å². The molecule has 0 saturated carbocycles. The number of halogens is 1. The van der Waals surface area contributed by atoms with Crippen LogP contribution < -0.4 is 10.2 Å². The Morgan fingerprint density at radius 3 is 2.67 bits per heavy atom. The van der Waals surface area contributed by atoms with Crippen molar-refractivity contribution in [3.63, 3.8) is 0 Å². The highest BCUT2D eigenvalue weighted by Gasteiger charge is 2.07. The van der Waals surface area contributed by atoms with Gasteiger partial charge in [0.25, 0.3) is 5.91 Å². The van der Waals surface area contributed by atoms with Gasteiger partial charge in [0, 0.05) is 10.6 Å². The molecule has 0 unspecified atom stereocenters. The zero-order chi connectivity index (χ0) is 20.9. The van der Waals surface area contributed by atoms with Gasteiger partial charge in [-0.1, -0.05) is 41.4 Å². The smallest absolute Gasteiger partial charge is 0.271 e. The Morgan fingerprint density at radius 1 is 1.13 bits per heavy atom. The molecule has 0 atom stereocenters. The Hall–Kier alpha value is -3.64. The van der Waals surface area contributed by atoms with Crippen LogP contribution >= 0.6 is 11.6 Å². The fourth-order valence-electron chi connectivity index (χ4n) is 2.84. The Balaban J connectivity index is 1.32. The molecular weight excluding hydrogens is 400 g/mol. The van der Waals surface area contributed by atoms with Crippen LogP contribution in [0.1, 0.15) is 27.3 Å². The molecule has 1 heterocycles. The second-order valence-electron chi connectivity index (χ2n) is 6.77. The predicted octanol–water partition coefficient (Wildman–Crippen LogP) is 4.87. The van der Waals surface area contributed by atoms with E-state index < -0.39 is 0 Å². The number of imidazole rings is 1. The van der Waals surface area contributed by atoms with E-state index in [4.69, 9.17) is 16.3 Å². The van der Waals surface area contributed by atoms with E-state index in [0.717, 1.165) is 16.6 Å². The maximum atomic E-state index is 12.2. The number of hydrazone groups is 1. The van der Waals surface area contributed by atoms with E-state index in [2.05, 4.69) is 20.5 Å². The van der Waals surface area contributed by atoms with Crippen molar-refractivity contribution >= 4 is 34.8 Å². The molecule has 0 spiro atoms. The molecule has 2 N–H and O–H groups in total. The van der Waals surface area contributed by atoms with Crippen molar-refractivity contribution < 1.29 is 9.53 Å². The number of hydrogen-bond acceptors (Lipinski definition) is 4. The maximum absolute atomic E-state index is 12.2. The molecule has 30 heavy (non-hydrogen) atoms. The quantitative estimate of drug-likeness (QED) is 0.346. The maximum Gasteiger partial charge on any atom is 0.271 e. The molecule has 1 amide bonds. The summed E-state index contributed by atoms with van der Waals surface area (Å²) in [7, 11) is 0. The third kappa shape index (κ3) is 4.85. The third-order valence-corrected chi connectivity index (χ3v) is 4.68. The van der Waals surface area contributed by atoms with Crippen molar-refractivity contribution in [1.82, 2.24) is 15.4 Å². The lowest BCUT2D eigenvalue weighted by molar-refractivity contribution is 0.0955. The van der Waals surface area contributed by atoms with Gasteiger partial charge in [0.05, 0.1) is 17.2 Å². The fraction of sp³-hybridized carbons (Fsp3) is 0.0870. The largest absolute Gasteiger partial charge is 0.486 e. The van der Waals surface area contributed by atoms with Gasteiger partial charge in [-0.15, -0.1) is 0 Å². The van der Waals surface area contributed by atoms with Crippen molar-refractivity contribution in [2.24, 2.45) is 5.10 Å². The SMILES string of the molecule is Cc1ccc(/C=N/NC(=O)c2ccc(OCc3nc4ccc(Cl)cc4[nH]3)cc2)cc1. The second kappa shape index (κ2) is 8.80. The molecule has 1 aromatic heterocycles. The van der Waals surface area contributed by atoms with Crippen molar-refractivity contribution in [2.45, 2.75) is 13.5 Å². The number of rotatable bonds is 6. The average Bonchev–Trinajstić information content (AvgIpc) is 3.16. The summed E-state index contributed by atoms with van der Waals surface area (Å²) in [6.07, 6.45) is 1.61. The molecule has 0 aliphatic carbocycles. The van der Waals surface area contributed by atoms with Crippen LogP contribution in [-0.4, -0.2) is 22.1 Å². The first-order chi connectivity index (χ1) is 14.6. The van der Waals surface area contributed by atoms with Crippen LogP contribution in [0.2, 0.25) is 5.02 Å². The Bertz CT molecular complexity index is 1200. The van der Waals surface area contributed by atoms with Crippen molar-refractivity contribution in [1.29, 1.82) is 0 Å². The minimum atomic E-state index is -0.293. The lowest BCUT2D eigenvalue weighted by atomic mass is 10.2. The van der Waals surface area contributed by atoms with Gasteiger partial charge in [-0.3, -0.25) is 4.79 Å². The summed E-state index contributed by atoms with van der Waals surface area (Å²) in [5.74, 6) is 1.03. The van der Waals surface area contributed by atoms with Crippen LogP contribution in [0.25, 0.3) is 11.0 Å². The molecule has 150 valence electrons. The van der Waals surface area contributed by atoms with Gasteiger partial charge in [-0.25, -0.2) is 10.4 Å². The normalized spacial score (nSPS) is 11.1. The third-order valence-electron chi connectivity index (χ3n) is 4.44. The Morgan fingerprint density at radius 2 is 1.90 bits per heavy atom. The summed E-state index contributed by atoms with van der Waals surface area (Å²) < 4.78 is 5.75. The molecule has 3 aromatic carbocycles. The number of carbonyl (C=O) groups is 1. The Kier molecular flexibility index (Phi) is 5.77. The lowest BCUT2D eigenvalue weighted by Gasteiger charge is -2.05. The highest BCUT2D eigenvalue weighted by Crippen LogP contribution is 2.18. The molecule has 6 nitrogen and oxygen atoms in total. The zero-order valence-electron chi connectivity index (χ0n) is 16.2. The number of ether oxygens (including phenoxy) is 1. The summed E-state index contributed by atoms with van der Waals surface area (Å²) in [6, 6.07) is 20.2. The number of fused-ring (bicyclic) bond motifs is 1. The van der Waals surface area contributed by atoms with Gasteiger partial charge in [-0.05, 0) is 55.0 Å². The van der Waals surface area contributed by atoms with Gasteiger partial charge < -0.3 is 9.72 Å². The molecule has 4 aromatic rings. The highest BCUT2D eigenvalue weighted by molar-refractivity contribution is 6.31. The number of aryl methyl sites for hydroxylation is 1. The van der Waals surface area contributed by atoms with Crippen LogP contribution in [0.15, 0.2) is 71.8 Å². The first-order valence-corrected chi connectivity index (χ1v) is 9.72. The van der Waals surface area contributed by atoms with E-state index in [1.165, 1.54) is 5.56 Å². The number of aromatic amines is 1. The molecule has 4 rings (SSSR count). The number of aromatic nitrogens is 2. The molecule has 0 fully saturated rings. The zero-order valence-corrected chi connectivity index (χ0v) is 17.0. The first kappa shape index (κ1) is 19.7. The van der Waals surface area contributed by atoms with Gasteiger partial charge >= 0.3 is 0 Å². The monoisotopic (exact) mass is 418 g/mol. The molecule has 0 bridgehead atoms. The molecule has 0 aliphatic rings. The van der Waals surface area contributed by atoms with Gasteiger partial charge in [0.2, 0.25) is 0 Å². The number of H-pyrrole nitrogens is 1. The van der Waals surface area contributed by atoms with Crippen molar-refractivity contribution in [3.8, 4) is 5.75 Å². The number of nitrogens with zero attached hydrogens (tertiary/aromatic N) is 2. The minimum absolute atomic E-state index is 0.276. The van der Waals surface area contributed by atoms with E-state index in [0.29, 0.717) is 22.2 Å². The summed E-state index contributed by atoms with van der Waals surface area (Å²) in [5, 5.41) is 4.64. The number of nitrogens with one attached hydrogen (secondary N) is 2. The van der Waals surface area contributed by atoms with Crippen LogP contribution in [-0.2, 0) is 6.61 Å². The predicted molar refractivity (Wildman–Crippen MR) is 118 cm³/mol. The molecular formula is C23H19ClN4O2. The van der Waals surface area contributed by atoms with Gasteiger partial charge in [0.1, 0.15) is 18.2 Å². The lowest BCUT2D eigenvalue weighted by Crippen LogP contribution is -2.17. The van der Waals surface area contributed by atoms with E-state index in [1.807, 2.05) is 43.3 Å². The van der Waals surface area contributed by atoms with Crippen LogP contribution in [0.3, 0.4) is 0 Å². The number of hydrogen-bond donors (Lipinski definition) is 2. The average molecular weight is 419 g/mol. The number of carbonyl (C=O) groups excluding carboxylic acids is 1. The molecule has 0 saturated heterocycles. The van der Waals surface area contributed by atoms with Crippen LogP contribution in [0.5, 0.6) is 5.75 Å². The van der Waals surface area contributed by atoms with Crippen LogP contribution in [0, 0.1) is 6.92 Å². The van der Waals surface area contributed by atoms with E-state index in [1.54, 1.807) is 36.5 Å². The molecule has 7 heteroatoms. The summed E-state index contributed by atoms with van der Waals surface area (Å²) in [5.41, 5.74) is 6.78. The number of amides is 1. The summed E-state index contributed by atoms with van der Waals surface area (Å²) in [4.78, 5) is 19.8. The second-order valence-corrected chi connectivity index (χ2v) is 7.20. The van der Waals surface area contributed by atoms with E-state index in [-0.39, 0.29) is 12.5 Å². The Labute approximate surface area is 178 Å². The molecule has 0 aliphatic heterocycles. The minimum Gasteiger partial charge on any atom is -0.486 e. The first-order valence-electron chi connectivity index (χ1n) is 9.34. The standard InChI is InChI=1S/C23H19ClN4O2/c1-15-2-4-16(5-3-15)13-25-28-23(29)17-6-9-19(10-7-17)30-14-22-26-20-11-8-18(24)12-21(20)27-22/h2-13H,14H2,1H3,(H,26,27)(H,28,29)/b25-13+. The summed E-state index contributed by atoms with van der Waals surface area (Å²) >= 11 is 5.99. The number of benzene rings is 3. The summed E-state index contributed by atoms with van der Waals surface area (Å²) in [6.45, 7) is 2.29. The highest BCUT2D eigenvalue weighted by atomic mass is 35.5. The van der Waals surface area contributed by atoms with Crippen LogP contribution in [0.4, 0.5) is 0 Å². The molecule has 0 radical (unpaired) electrons. The fourth-order valence-corrected chi connectivity index (χ4v) is 3.01. The van der Waals surface area contributed by atoms with Gasteiger partial charge in [0.15, 0.2) is 0 Å². The van der Waals surface area contributed by atoms with Crippen molar-refractivity contribution in [3.05, 3.63) is 94.3 Å². The topological polar surface area (TPSA) is 79.4 Å². The van der Waals surface area contributed by atoms with E-state index >= 15 is 0 Å².